The lowest BCUT2D eigenvalue weighted by Crippen LogP contribution is -1.99. The zero-order valence-corrected chi connectivity index (χ0v) is 9.22. The third-order valence-electron chi connectivity index (χ3n) is 1.67. The Kier molecular flexibility index (Phi) is 3.19. The Bertz CT molecular complexity index is 344. The van der Waals surface area contributed by atoms with Gasteiger partial charge in [-0.15, -0.1) is 0 Å². The van der Waals surface area contributed by atoms with Crippen LogP contribution < -0.4 is 4.74 Å². The van der Waals surface area contributed by atoms with Crippen LogP contribution in [0.5, 0.6) is 5.75 Å². The zero-order chi connectivity index (χ0) is 10.6. The topological polar surface area (TPSA) is 9.23 Å². The summed E-state index contributed by atoms with van der Waals surface area (Å²) in [6, 6.07) is 7.79. The second-order valence-corrected chi connectivity index (χ2v) is 4.23. The van der Waals surface area contributed by atoms with E-state index >= 15 is 0 Å². The molecule has 1 nitrogen and oxygen atoms in total. The molecule has 1 rings (SSSR count). The lowest BCUT2D eigenvalue weighted by molar-refractivity contribution is 0.415. The standard InChI is InChI=1S/C13H16O/c1-13(2,3)10-9-11-5-7-12(14-4)8-6-11/h5-8H,1-4H3. The maximum absolute atomic E-state index is 5.07. The van der Waals surface area contributed by atoms with Gasteiger partial charge < -0.3 is 4.74 Å². The van der Waals surface area contributed by atoms with E-state index in [0.717, 1.165) is 11.3 Å². The molecule has 0 aliphatic rings. The van der Waals surface area contributed by atoms with E-state index in [1.54, 1.807) is 7.11 Å². The molecule has 0 amide bonds. The molecule has 0 aliphatic carbocycles. The minimum Gasteiger partial charge on any atom is -0.497 e. The van der Waals surface area contributed by atoms with Gasteiger partial charge in [0.15, 0.2) is 0 Å². The fourth-order valence-electron chi connectivity index (χ4n) is 0.934. The average molecular weight is 188 g/mol. The van der Waals surface area contributed by atoms with Crippen molar-refractivity contribution in [3.05, 3.63) is 29.8 Å². The molecule has 74 valence electrons. The first-order valence-electron chi connectivity index (χ1n) is 4.68. The SMILES string of the molecule is COc1ccc(C#CC(C)(C)C)cc1. The van der Waals surface area contributed by atoms with E-state index < -0.39 is 0 Å². The van der Waals surface area contributed by atoms with Crippen LogP contribution in [0, 0.1) is 17.3 Å². The minimum absolute atomic E-state index is 0.0555. The third kappa shape index (κ3) is 3.53. The summed E-state index contributed by atoms with van der Waals surface area (Å²) in [6.07, 6.45) is 0. The van der Waals surface area contributed by atoms with Gasteiger partial charge in [0, 0.05) is 11.0 Å². The molecule has 1 aromatic carbocycles. The molecule has 1 aromatic rings. The summed E-state index contributed by atoms with van der Waals surface area (Å²) in [5.74, 6) is 7.18. The van der Waals surface area contributed by atoms with Crippen LogP contribution in [0.3, 0.4) is 0 Å². The van der Waals surface area contributed by atoms with Crippen LogP contribution in [-0.2, 0) is 0 Å². The van der Waals surface area contributed by atoms with Crippen LogP contribution in [0.25, 0.3) is 0 Å². The highest BCUT2D eigenvalue weighted by molar-refractivity contribution is 5.38. The first-order valence-corrected chi connectivity index (χ1v) is 4.68. The summed E-state index contributed by atoms with van der Waals surface area (Å²) in [7, 11) is 1.66. The van der Waals surface area contributed by atoms with Crippen molar-refractivity contribution in [1.29, 1.82) is 0 Å². The minimum atomic E-state index is 0.0555. The molecular weight excluding hydrogens is 172 g/mol. The first kappa shape index (κ1) is 10.7. The second-order valence-electron chi connectivity index (χ2n) is 4.23. The maximum atomic E-state index is 5.07. The molecule has 0 saturated heterocycles. The molecule has 0 aromatic heterocycles. The average Bonchev–Trinajstić information content (AvgIpc) is 2.14. The molecule has 0 saturated carbocycles. The molecule has 0 radical (unpaired) electrons. The highest BCUT2D eigenvalue weighted by atomic mass is 16.5. The predicted molar refractivity (Wildman–Crippen MR) is 59.3 cm³/mol. The van der Waals surface area contributed by atoms with Gasteiger partial charge in [-0.3, -0.25) is 0 Å². The first-order chi connectivity index (χ1) is 6.51. The van der Waals surface area contributed by atoms with Gasteiger partial charge in [-0.05, 0) is 45.0 Å². The van der Waals surface area contributed by atoms with E-state index in [1.165, 1.54) is 0 Å². The highest BCUT2D eigenvalue weighted by Crippen LogP contribution is 2.13. The van der Waals surface area contributed by atoms with Gasteiger partial charge in [0.2, 0.25) is 0 Å². The van der Waals surface area contributed by atoms with E-state index in [9.17, 15) is 0 Å². The van der Waals surface area contributed by atoms with Crippen molar-refractivity contribution in [3.8, 4) is 17.6 Å². The van der Waals surface area contributed by atoms with Gasteiger partial charge in [-0.1, -0.05) is 11.8 Å². The van der Waals surface area contributed by atoms with E-state index in [1.807, 2.05) is 24.3 Å². The fraction of sp³-hybridized carbons (Fsp3) is 0.385. The Hall–Kier alpha value is -1.42. The Balaban J connectivity index is 2.82. The Morgan fingerprint density at radius 1 is 1.07 bits per heavy atom. The predicted octanol–water partition coefficient (Wildman–Crippen LogP) is 3.09. The van der Waals surface area contributed by atoms with Gasteiger partial charge in [0.05, 0.1) is 7.11 Å². The molecule has 0 bridgehead atoms. The van der Waals surface area contributed by atoms with Crippen LogP contribution >= 0.6 is 0 Å². The largest absolute Gasteiger partial charge is 0.497 e. The van der Waals surface area contributed by atoms with Crippen molar-refractivity contribution in [2.45, 2.75) is 20.8 Å². The molecule has 0 heterocycles. The number of hydrogen-bond acceptors (Lipinski definition) is 1. The summed E-state index contributed by atoms with van der Waals surface area (Å²) >= 11 is 0. The summed E-state index contributed by atoms with van der Waals surface area (Å²) in [5.41, 5.74) is 1.08. The van der Waals surface area contributed by atoms with Crippen molar-refractivity contribution in [2.24, 2.45) is 5.41 Å². The van der Waals surface area contributed by atoms with Crippen LogP contribution in [-0.4, -0.2) is 7.11 Å². The molecule has 14 heavy (non-hydrogen) atoms. The van der Waals surface area contributed by atoms with Gasteiger partial charge in [0.1, 0.15) is 5.75 Å². The van der Waals surface area contributed by atoms with Crippen LogP contribution in [0.15, 0.2) is 24.3 Å². The third-order valence-corrected chi connectivity index (χ3v) is 1.67. The summed E-state index contributed by atoms with van der Waals surface area (Å²) in [4.78, 5) is 0. The zero-order valence-electron chi connectivity index (χ0n) is 9.22. The van der Waals surface area contributed by atoms with Gasteiger partial charge >= 0.3 is 0 Å². The van der Waals surface area contributed by atoms with Crippen LogP contribution in [0.4, 0.5) is 0 Å². The maximum Gasteiger partial charge on any atom is 0.118 e. The van der Waals surface area contributed by atoms with Crippen molar-refractivity contribution in [1.82, 2.24) is 0 Å². The molecule has 0 N–H and O–H groups in total. The Labute approximate surface area is 86.1 Å². The Morgan fingerprint density at radius 3 is 2.07 bits per heavy atom. The number of rotatable bonds is 1. The van der Waals surface area contributed by atoms with E-state index in [-0.39, 0.29) is 5.41 Å². The van der Waals surface area contributed by atoms with E-state index in [2.05, 4.69) is 32.6 Å². The monoisotopic (exact) mass is 188 g/mol. The number of benzene rings is 1. The van der Waals surface area contributed by atoms with Crippen LogP contribution in [0.1, 0.15) is 26.3 Å². The molecule has 0 fully saturated rings. The van der Waals surface area contributed by atoms with Gasteiger partial charge in [-0.2, -0.15) is 0 Å². The fourth-order valence-corrected chi connectivity index (χ4v) is 0.934. The summed E-state index contributed by atoms with van der Waals surface area (Å²) in [5, 5.41) is 0. The van der Waals surface area contributed by atoms with Crippen molar-refractivity contribution < 1.29 is 4.74 Å². The molecule has 0 spiro atoms. The van der Waals surface area contributed by atoms with Gasteiger partial charge in [0.25, 0.3) is 0 Å². The molecule has 0 atom stereocenters. The lowest BCUT2D eigenvalue weighted by atomic mass is 9.97. The molecule has 1 heteroatoms. The smallest absolute Gasteiger partial charge is 0.118 e. The van der Waals surface area contributed by atoms with E-state index in [4.69, 9.17) is 4.74 Å². The van der Waals surface area contributed by atoms with Crippen LogP contribution in [0.2, 0.25) is 0 Å². The second kappa shape index (κ2) is 4.19. The number of methoxy groups -OCH3 is 1. The van der Waals surface area contributed by atoms with Gasteiger partial charge in [-0.25, -0.2) is 0 Å². The normalized spacial score (nSPS) is 10.3. The summed E-state index contributed by atoms with van der Waals surface area (Å²) in [6.45, 7) is 6.30. The number of hydrogen-bond donors (Lipinski definition) is 0. The van der Waals surface area contributed by atoms with Crippen molar-refractivity contribution >= 4 is 0 Å². The molecule has 0 aliphatic heterocycles. The summed E-state index contributed by atoms with van der Waals surface area (Å²) < 4.78 is 5.07. The highest BCUT2D eigenvalue weighted by Gasteiger charge is 2.03. The quantitative estimate of drug-likeness (QED) is 0.615. The number of ether oxygens (including phenoxy) is 1. The van der Waals surface area contributed by atoms with Crippen molar-refractivity contribution in [3.63, 3.8) is 0 Å². The molecule has 0 unspecified atom stereocenters. The Morgan fingerprint density at radius 2 is 1.64 bits per heavy atom. The van der Waals surface area contributed by atoms with Crippen molar-refractivity contribution in [2.75, 3.05) is 7.11 Å². The van der Waals surface area contributed by atoms with E-state index in [0.29, 0.717) is 0 Å². The molecular formula is C13H16O. The lowest BCUT2D eigenvalue weighted by Gasteiger charge is -2.06.